The van der Waals surface area contributed by atoms with Gasteiger partial charge >= 0.3 is 19.8 Å². The summed E-state index contributed by atoms with van der Waals surface area (Å²) >= 11 is 0. The molecule has 0 spiro atoms. The zero-order chi connectivity index (χ0) is 36.5. The molecule has 0 amide bonds. The zero-order valence-electron chi connectivity index (χ0n) is 32.4. The molecule has 0 aliphatic carbocycles. The molecule has 0 saturated heterocycles. The Balaban J connectivity index is 4.41. The molecular formula is C39H77NO8P+. The molecule has 0 aromatic carbocycles. The van der Waals surface area contributed by atoms with Crippen molar-refractivity contribution in [2.24, 2.45) is 0 Å². The van der Waals surface area contributed by atoms with Crippen molar-refractivity contribution < 1.29 is 42.1 Å². The maximum Gasteiger partial charge on any atom is 0.472 e. The minimum absolute atomic E-state index is 0.0332. The van der Waals surface area contributed by atoms with Crippen LogP contribution in [-0.2, 0) is 32.7 Å². The lowest BCUT2D eigenvalue weighted by Crippen LogP contribution is -2.37. The molecule has 290 valence electrons. The van der Waals surface area contributed by atoms with Crippen LogP contribution in [0.2, 0.25) is 0 Å². The third-order valence-electron chi connectivity index (χ3n) is 8.55. The quantitative estimate of drug-likeness (QED) is 0.0224. The fourth-order valence-electron chi connectivity index (χ4n) is 5.35. The number of carbonyl (C=O) groups is 2. The molecule has 10 heteroatoms. The van der Waals surface area contributed by atoms with E-state index in [0.29, 0.717) is 17.4 Å². The Morgan fingerprint density at radius 2 is 1.06 bits per heavy atom. The molecule has 0 radical (unpaired) electrons. The lowest BCUT2D eigenvalue weighted by molar-refractivity contribution is -0.870. The molecule has 0 aromatic heterocycles. The van der Waals surface area contributed by atoms with Gasteiger partial charge in [0.1, 0.15) is 19.8 Å². The number of quaternary nitrogens is 1. The van der Waals surface area contributed by atoms with Crippen LogP contribution in [0.1, 0.15) is 174 Å². The maximum atomic E-state index is 12.6. The Morgan fingerprint density at radius 1 is 0.612 bits per heavy atom. The number of phosphoric acid groups is 1. The Hall–Kier alpha value is -1.25. The second-order valence-corrected chi connectivity index (χ2v) is 16.1. The van der Waals surface area contributed by atoms with Crippen molar-refractivity contribution in [2.45, 2.75) is 180 Å². The average molecular weight is 719 g/mol. The van der Waals surface area contributed by atoms with Crippen molar-refractivity contribution in [2.75, 3.05) is 47.5 Å². The Morgan fingerprint density at radius 3 is 1.57 bits per heavy atom. The average Bonchev–Trinajstić information content (AvgIpc) is 3.04. The van der Waals surface area contributed by atoms with Crippen molar-refractivity contribution >= 4 is 19.8 Å². The summed E-state index contributed by atoms with van der Waals surface area (Å²) in [7, 11) is 1.48. The molecule has 1 N–H and O–H groups in total. The SMILES string of the molecule is CCCC/C=C/CCCCCCCC(=O)OC[C@H](COP(=O)(O)OCC[N+](C)(C)C)OC(=O)CCCCCCCCCCCCCCCC. The Labute approximate surface area is 301 Å². The van der Waals surface area contributed by atoms with Crippen molar-refractivity contribution in [1.29, 1.82) is 0 Å². The van der Waals surface area contributed by atoms with E-state index in [4.69, 9.17) is 18.5 Å². The van der Waals surface area contributed by atoms with Crippen LogP contribution in [0.25, 0.3) is 0 Å². The molecule has 0 bridgehead atoms. The number of carbonyl (C=O) groups excluding carboxylic acids is 2. The molecule has 0 rings (SSSR count). The molecular weight excluding hydrogens is 641 g/mol. The van der Waals surface area contributed by atoms with Gasteiger partial charge in [-0.05, 0) is 32.1 Å². The second-order valence-electron chi connectivity index (χ2n) is 14.7. The highest BCUT2D eigenvalue weighted by Crippen LogP contribution is 2.43. The summed E-state index contributed by atoms with van der Waals surface area (Å²) in [5, 5.41) is 0. The lowest BCUT2D eigenvalue weighted by atomic mass is 10.0. The predicted molar refractivity (Wildman–Crippen MR) is 201 cm³/mol. The van der Waals surface area contributed by atoms with E-state index in [2.05, 4.69) is 26.0 Å². The smallest absolute Gasteiger partial charge is 0.462 e. The highest BCUT2D eigenvalue weighted by molar-refractivity contribution is 7.47. The monoisotopic (exact) mass is 719 g/mol. The van der Waals surface area contributed by atoms with Gasteiger partial charge in [0.2, 0.25) is 0 Å². The van der Waals surface area contributed by atoms with Crippen molar-refractivity contribution in [3.8, 4) is 0 Å². The van der Waals surface area contributed by atoms with E-state index in [9.17, 15) is 19.0 Å². The van der Waals surface area contributed by atoms with Crippen molar-refractivity contribution in [3.05, 3.63) is 12.2 Å². The summed E-state index contributed by atoms with van der Waals surface area (Å²) in [5.74, 6) is -0.805. The van der Waals surface area contributed by atoms with Gasteiger partial charge in [-0.1, -0.05) is 142 Å². The number of hydrogen-bond acceptors (Lipinski definition) is 7. The summed E-state index contributed by atoms with van der Waals surface area (Å²) in [6, 6.07) is 0. The third-order valence-corrected chi connectivity index (χ3v) is 9.53. The largest absolute Gasteiger partial charge is 0.472 e. The molecule has 0 aliphatic heterocycles. The van der Waals surface area contributed by atoms with E-state index in [1.165, 1.54) is 83.5 Å². The topological polar surface area (TPSA) is 108 Å². The number of unbranched alkanes of at least 4 members (excludes halogenated alkanes) is 20. The van der Waals surface area contributed by atoms with Crippen LogP contribution in [0, 0.1) is 0 Å². The summed E-state index contributed by atoms with van der Waals surface area (Å²) in [4.78, 5) is 35.2. The number of likely N-dealkylation sites (N-methyl/N-ethyl adjacent to an activating group) is 1. The molecule has 49 heavy (non-hydrogen) atoms. The first kappa shape index (κ1) is 47.8. The normalized spacial score (nSPS) is 13.8. The van der Waals surface area contributed by atoms with Crippen LogP contribution in [0.3, 0.4) is 0 Å². The van der Waals surface area contributed by atoms with E-state index in [-0.39, 0.29) is 32.0 Å². The molecule has 0 heterocycles. The van der Waals surface area contributed by atoms with E-state index in [1.807, 2.05) is 21.1 Å². The van der Waals surface area contributed by atoms with Crippen molar-refractivity contribution in [1.82, 2.24) is 0 Å². The minimum atomic E-state index is -4.36. The van der Waals surface area contributed by atoms with Crippen molar-refractivity contribution in [3.63, 3.8) is 0 Å². The lowest BCUT2D eigenvalue weighted by Gasteiger charge is -2.24. The van der Waals surface area contributed by atoms with Gasteiger partial charge in [0.15, 0.2) is 6.10 Å². The number of phosphoric ester groups is 1. The van der Waals surface area contributed by atoms with Crippen LogP contribution >= 0.6 is 7.82 Å². The molecule has 0 saturated carbocycles. The van der Waals surface area contributed by atoms with E-state index >= 15 is 0 Å². The van der Waals surface area contributed by atoms with Gasteiger partial charge in [0.05, 0.1) is 27.7 Å². The first-order valence-corrected chi connectivity index (χ1v) is 21.4. The van der Waals surface area contributed by atoms with Crippen LogP contribution < -0.4 is 0 Å². The van der Waals surface area contributed by atoms with Gasteiger partial charge in [-0.15, -0.1) is 0 Å². The van der Waals surface area contributed by atoms with E-state index in [1.54, 1.807) is 0 Å². The van der Waals surface area contributed by atoms with Gasteiger partial charge in [-0.25, -0.2) is 4.57 Å². The fourth-order valence-corrected chi connectivity index (χ4v) is 6.09. The van der Waals surface area contributed by atoms with Crippen LogP contribution in [0.5, 0.6) is 0 Å². The first-order chi connectivity index (χ1) is 23.5. The van der Waals surface area contributed by atoms with Gasteiger partial charge in [-0.3, -0.25) is 18.6 Å². The van der Waals surface area contributed by atoms with Gasteiger partial charge < -0.3 is 18.9 Å². The van der Waals surface area contributed by atoms with Gasteiger partial charge in [-0.2, -0.15) is 0 Å². The van der Waals surface area contributed by atoms with Crippen LogP contribution in [0.4, 0.5) is 0 Å². The number of nitrogens with zero attached hydrogens (tertiary/aromatic N) is 1. The second kappa shape index (κ2) is 32.6. The Kier molecular flexibility index (Phi) is 31.8. The molecule has 0 aliphatic rings. The predicted octanol–water partition coefficient (Wildman–Crippen LogP) is 10.6. The Bertz CT molecular complexity index is 860. The van der Waals surface area contributed by atoms with Crippen LogP contribution in [-0.4, -0.2) is 74.9 Å². The first-order valence-electron chi connectivity index (χ1n) is 19.9. The van der Waals surface area contributed by atoms with Gasteiger partial charge in [0.25, 0.3) is 0 Å². The highest BCUT2D eigenvalue weighted by atomic mass is 31.2. The number of hydrogen-bond donors (Lipinski definition) is 1. The molecule has 0 fully saturated rings. The number of rotatable bonds is 36. The fraction of sp³-hybridized carbons (Fsp3) is 0.897. The summed E-state index contributed by atoms with van der Waals surface area (Å²) < 4.78 is 34.2. The summed E-state index contributed by atoms with van der Waals surface area (Å²) in [6.07, 6.45) is 31.1. The standard InChI is InChI=1S/C39H76NO8P/c1-6-8-10-12-14-16-18-19-20-22-24-26-28-30-32-39(42)48-37(36-47-49(43,44)46-34-33-40(3,4)5)35-45-38(41)31-29-27-25-23-21-17-15-13-11-9-7-2/h13,15,37H,6-12,14,16-36H2,1-5H3/p+1/b15-13+/t37-/m1/s1. The third kappa shape index (κ3) is 36.3. The molecule has 2 atom stereocenters. The zero-order valence-corrected chi connectivity index (χ0v) is 33.3. The molecule has 1 unspecified atom stereocenters. The summed E-state index contributed by atoms with van der Waals surface area (Å²) in [6.45, 7) is 4.37. The minimum Gasteiger partial charge on any atom is -0.462 e. The van der Waals surface area contributed by atoms with E-state index < -0.39 is 26.5 Å². The number of allylic oxidation sites excluding steroid dienone is 2. The molecule has 9 nitrogen and oxygen atoms in total. The maximum absolute atomic E-state index is 12.6. The number of ether oxygens (including phenoxy) is 2. The highest BCUT2D eigenvalue weighted by Gasteiger charge is 2.27. The molecule has 0 aromatic rings. The number of esters is 2. The summed E-state index contributed by atoms with van der Waals surface area (Å²) in [5.41, 5.74) is 0. The van der Waals surface area contributed by atoms with E-state index in [0.717, 1.165) is 57.8 Å². The van der Waals surface area contributed by atoms with Crippen LogP contribution in [0.15, 0.2) is 12.2 Å². The van der Waals surface area contributed by atoms with Gasteiger partial charge in [0, 0.05) is 12.8 Å².